The maximum absolute atomic E-state index is 12.2. The third-order valence-corrected chi connectivity index (χ3v) is 8.88. The van der Waals surface area contributed by atoms with Crippen molar-refractivity contribution in [1.82, 2.24) is 5.32 Å². The van der Waals surface area contributed by atoms with Crippen LogP contribution in [-0.2, 0) is 33.3 Å². The van der Waals surface area contributed by atoms with Crippen LogP contribution in [0.15, 0.2) is 0 Å². The van der Waals surface area contributed by atoms with E-state index in [1.807, 2.05) is 27.7 Å². The zero-order chi connectivity index (χ0) is 32.3. The molecule has 2 saturated heterocycles. The fraction of sp³-hybridized carbons (Fsp3) is 0.944. The second-order valence-corrected chi connectivity index (χ2v) is 14.0. The van der Waals surface area contributed by atoms with E-state index in [2.05, 4.69) is 17.0 Å². The molecular weight excluding hydrogens is 558 g/mol. The smallest absolute Gasteiger partial charge is 0.305 e. The van der Waals surface area contributed by atoms with Gasteiger partial charge in [-0.15, -0.1) is 0 Å². The molecule has 2 rings (SSSR count). The van der Waals surface area contributed by atoms with Gasteiger partial charge in [0.1, 0.15) is 0 Å². The van der Waals surface area contributed by atoms with Gasteiger partial charge in [0.25, 0.3) is 0 Å². The lowest BCUT2D eigenvalue weighted by Gasteiger charge is -2.23. The van der Waals surface area contributed by atoms with Crippen LogP contribution in [0.25, 0.3) is 0 Å². The van der Waals surface area contributed by atoms with Gasteiger partial charge in [-0.2, -0.15) is 0 Å². The van der Waals surface area contributed by atoms with E-state index < -0.39 is 11.6 Å². The number of methoxy groups -OCH3 is 1. The van der Waals surface area contributed by atoms with Gasteiger partial charge in [-0.25, -0.2) is 0 Å². The lowest BCUT2D eigenvalue weighted by atomic mass is 9.96. The first-order valence-electron chi connectivity index (χ1n) is 18.1. The van der Waals surface area contributed by atoms with Crippen molar-refractivity contribution in [2.45, 2.75) is 205 Å². The molecule has 0 radical (unpaired) electrons. The number of hydrogen-bond donors (Lipinski definition) is 1. The number of amides is 1. The molecular formula is C36H67NO7. The minimum Gasteiger partial charge on any atom is -0.469 e. The summed E-state index contributed by atoms with van der Waals surface area (Å²) >= 11 is 0. The summed E-state index contributed by atoms with van der Waals surface area (Å²) in [5.41, 5.74) is 0. The third-order valence-electron chi connectivity index (χ3n) is 8.88. The van der Waals surface area contributed by atoms with Gasteiger partial charge in [0.05, 0.1) is 31.5 Å². The number of carbonyl (C=O) groups is 2. The summed E-state index contributed by atoms with van der Waals surface area (Å²) in [7, 11) is 1.44. The van der Waals surface area contributed by atoms with Gasteiger partial charge in [-0.1, -0.05) is 90.4 Å². The van der Waals surface area contributed by atoms with Crippen molar-refractivity contribution in [3.8, 4) is 0 Å². The van der Waals surface area contributed by atoms with Gasteiger partial charge in [-0.05, 0) is 59.8 Å². The Kier molecular flexibility index (Phi) is 19.1. The highest BCUT2D eigenvalue weighted by molar-refractivity contribution is 5.75. The molecule has 8 nitrogen and oxygen atoms in total. The molecule has 1 N–H and O–H groups in total. The summed E-state index contributed by atoms with van der Waals surface area (Å²) in [6.45, 7) is 11.1. The van der Waals surface area contributed by atoms with Crippen LogP contribution in [0.3, 0.4) is 0 Å². The van der Waals surface area contributed by atoms with E-state index in [9.17, 15) is 9.59 Å². The molecule has 0 aliphatic carbocycles. The quantitative estimate of drug-likeness (QED) is 0.0803. The van der Waals surface area contributed by atoms with Crippen LogP contribution in [0.5, 0.6) is 0 Å². The Labute approximate surface area is 269 Å². The molecule has 4 atom stereocenters. The minimum atomic E-state index is -0.566. The Hall–Kier alpha value is -1.22. The molecule has 2 heterocycles. The molecule has 8 heteroatoms. The Morgan fingerprint density at radius 1 is 0.591 bits per heavy atom. The molecule has 2 aliphatic rings. The first-order chi connectivity index (χ1) is 21.0. The van der Waals surface area contributed by atoms with Crippen LogP contribution < -0.4 is 5.32 Å². The summed E-state index contributed by atoms with van der Waals surface area (Å²) in [5.74, 6) is -1.03. The van der Waals surface area contributed by atoms with Gasteiger partial charge < -0.3 is 29.0 Å². The Bertz CT molecular complexity index is 786. The molecule has 1 amide bonds. The monoisotopic (exact) mass is 625 g/mol. The number of carbonyl (C=O) groups excluding carboxylic acids is 2. The van der Waals surface area contributed by atoms with E-state index in [1.165, 1.54) is 52.1 Å². The Morgan fingerprint density at radius 3 is 1.55 bits per heavy atom. The van der Waals surface area contributed by atoms with Gasteiger partial charge in [0.15, 0.2) is 11.6 Å². The second-order valence-electron chi connectivity index (χ2n) is 14.0. The van der Waals surface area contributed by atoms with Gasteiger partial charge >= 0.3 is 5.97 Å². The number of hydrogen-bond acceptors (Lipinski definition) is 7. The molecule has 2 fully saturated rings. The zero-order valence-corrected chi connectivity index (χ0v) is 29.2. The van der Waals surface area contributed by atoms with E-state index >= 15 is 0 Å². The molecule has 0 aromatic heterocycles. The third kappa shape index (κ3) is 16.9. The minimum absolute atomic E-state index is 0.0224. The van der Waals surface area contributed by atoms with E-state index in [0.717, 1.165) is 83.6 Å². The highest BCUT2D eigenvalue weighted by atomic mass is 16.8. The van der Waals surface area contributed by atoms with Crippen LogP contribution in [0, 0.1) is 0 Å². The summed E-state index contributed by atoms with van der Waals surface area (Å²) in [6.07, 6.45) is 22.4. The summed E-state index contributed by atoms with van der Waals surface area (Å²) in [4.78, 5) is 23.3. The number of unbranched alkanes of at least 4 members (excludes halogenated alkanes) is 13. The van der Waals surface area contributed by atoms with Crippen molar-refractivity contribution < 1.29 is 33.3 Å². The van der Waals surface area contributed by atoms with Crippen molar-refractivity contribution in [3.05, 3.63) is 0 Å². The highest BCUT2D eigenvalue weighted by Crippen LogP contribution is 2.39. The largest absolute Gasteiger partial charge is 0.469 e. The molecule has 0 aromatic carbocycles. The maximum Gasteiger partial charge on any atom is 0.305 e. The van der Waals surface area contributed by atoms with Crippen molar-refractivity contribution in [3.63, 3.8) is 0 Å². The van der Waals surface area contributed by atoms with E-state index in [-0.39, 0.29) is 36.3 Å². The fourth-order valence-electron chi connectivity index (χ4n) is 6.57. The van der Waals surface area contributed by atoms with Gasteiger partial charge in [0.2, 0.25) is 5.91 Å². The van der Waals surface area contributed by atoms with Crippen LogP contribution in [0.1, 0.15) is 169 Å². The molecule has 0 saturated carbocycles. The second kappa shape index (κ2) is 21.6. The van der Waals surface area contributed by atoms with E-state index in [4.69, 9.17) is 18.9 Å². The topological polar surface area (TPSA) is 92.3 Å². The van der Waals surface area contributed by atoms with Crippen molar-refractivity contribution >= 4 is 11.9 Å². The van der Waals surface area contributed by atoms with Crippen molar-refractivity contribution in [2.24, 2.45) is 0 Å². The number of esters is 1. The predicted molar refractivity (Wildman–Crippen MR) is 175 cm³/mol. The molecule has 258 valence electrons. The lowest BCUT2D eigenvalue weighted by molar-refractivity contribution is -0.157. The summed E-state index contributed by atoms with van der Waals surface area (Å²) < 4.78 is 29.9. The van der Waals surface area contributed by atoms with E-state index in [0.29, 0.717) is 12.8 Å². The molecule has 2 aliphatic heterocycles. The Morgan fingerprint density at radius 2 is 1.02 bits per heavy atom. The standard InChI is InChI=1S/C36H67NO7/c1-7-8-18-23-29-31(43-35(2,3)41-29)28-32-30(42-36(4,5)44-32)24-19-14-13-15-20-25-33(38)37-27-22-17-12-10-9-11-16-21-26-34(39)40-6/h29-32H,7-28H2,1-6H3,(H,37,38). The van der Waals surface area contributed by atoms with Crippen LogP contribution >= 0.6 is 0 Å². The Balaban J connectivity index is 1.49. The van der Waals surface area contributed by atoms with E-state index in [1.54, 1.807) is 0 Å². The SMILES string of the molecule is CCCCCC1OC(C)(C)OC1CC1OC(C)(C)OC1CCCCCCCC(=O)NCCCCCCCCCCC(=O)OC. The van der Waals surface area contributed by atoms with Crippen molar-refractivity contribution in [2.75, 3.05) is 13.7 Å². The first kappa shape index (κ1) is 39.0. The average molecular weight is 626 g/mol. The summed E-state index contributed by atoms with van der Waals surface area (Å²) in [5, 5.41) is 3.09. The summed E-state index contributed by atoms with van der Waals surface area (Å²) in [6, 6.07) is 0. The number of rotatable bonds is 25. The predicted octanol–water partition coefficient (Wildman–Crippen LogP) is 8.53. The number of ether oxygens (including phenoxy) is 5. The van der Waals surface area contributed by atoms with Gasteiger partial charge in [-0.3, -0.25) is 9.59 Å². The molecule has 0 spiro atoms. The average Bonchev–Trinajstić information content (AvgIpc) is 3.43. The van der Waals surface area contributed by atoms with Crippen molar-refractivity contribution in [1.29, 1.82) is 0 Å². The van der Waals surface area contributed by atoms with Crippen LogP contribution in [-0.4, -0.2) is 61.5 Å². The number of nitrogens with one attached hydrogen (secondary N) is 1. The molecule has 0 aromatic rings. The maximum atomic E-state index is 12.2. The normalized spacial score (nSPS) is 24.0. The van der Waals surface area contributed by atoms with Crippen LogP contribution in [0.4, 0.5) is 0 Å². The molecule has 4 unspecified atom stereocenters. The molecule has 44 heavy (non-hydrogen) atoms. The highest BCUT2D eigenvalue weighted by Gasteiger charge is 2.47. The lowest BCUT2D eigenvalue weighted by Crippen LogP contribution is -2.33. The zero-order valence-electron chi connectivity index (χ0n) is 29.2. The molecule has 0 bridgehead atoms. The first-order valence-corrected chi connectivity index (χ1v) is 18.1. The fourth-order valence-corrected chi connectivity index (χ4v) is 6.57. The van der Waals surface area contributed by atoms with Crippen LogP contribution in [0.2, 0.25) is 0 Å². The van der Waals surface area contributed by atoms with Gasteiger partial charge in [0, 0.05) is 25.8 Å².